The standard InChI is InChI=1S/C13H22N2O2S/c1-5-15(6-2)18(16,17)13-8-12(9-14)10(3)7-11(13)4/h7-8H,5-6,9,14H2,1-4H3. The second-order valence-corrected chi connectivity index (χ2v) is 6.24. The third-order valence-electron chi connectivity index (χ3n) is 3.18. The maximum Gasteiger partial charge on any atom is 0.243 e. The zero-order valence-electron chi connectivity index (χ0n) is 11.5. The maximum atomic E-state index is 12.5. The van der Waals surface area contributed by atoms with Crippen LogP contribution in [-0.4, -0.2) is 25.8 Å². The molecule has 4 nitrogen and oxygen atoms in total. The van der Waals surface area contributed by atoms with Gasteiger partial charge >= 0.3 is 0 Å². The van der Waals surface area contributed by atoms with Crippen molar-refractivity contribution in [2.45, 2.75) is 39.1 Å². The van der Waals surface area contributed by atoms with Crippen LogP contribution < -0.4 is 5.73 Å². The molecule has 1 aromatic carbocycles. The Balaban J connectivity index is 3.41. The van der Waals surface area contributed by atoms with Gasteiger partial charge in [-0.15, -0.1) is 0 Å². The van der Waals surface area contributed by atoms with E-state index in [9.17, 15) is 8.42 Å². The number of sulfonamides is 1. The van der Waals surface area contributed by atoms with E-state index in [0.717, 1.165) is 16.7 Å². The summed E-state index contributed by atoms with van der Waals surface area (Å²) in [5, 5.41) is 0. The molecular formula is C13H22N2O2S. The first-order valence-electron chi connectivity index (χ1n) is 6.18. The van der Waals surface area contributed by atoms with Crippen molar-refractivity contribution >= 4 is 10.0 Å². The Bertz CT molecular complexity index is 520. The van der Waals surface area contributed by atoms with Gasteiger partial charge in [-0.05, 0) is 36.6 Å². The SMILES string of the molecule is CCN(CC)S(=O)(=O)c1cc(CN)c(C)cc1C. The molecular weight excluding hydrogens is 248 g/mol. The molecule has 0 aliphatic heterocycles. The van der Waals surface area contributed by atoms with Crippen LogP contribution in [0.25, 0.3) is 0 Å². The predicted octanol–water partition coefficient (Wildman–Crippen LogP) is 1.79. The summed E-state index contributed by atoms with van der Waals surface area (Å²) in [6.45, 7) is 8.76. The van der Waals surface area contributed by atoms with Crippen molar-refractivity contribution in [1.82, 2.24) is 4.31 Å². The van der Waals surface area contributed by atoms with Crippen LogP contribution in [0.1, 0.15) is 30.5 Å². The highest BCUT2D eigenvalue weighted by Crippen LogP contribution is 2.23. The van der Waals surface area contributed by atoms with Crippen molar-refractivity contribution < 1.29 is 8.42 Å². The Hall–Kier alpha value is -0.910. The van der Waals surface area contributed by atoms with E-state index < -0.39 is 10.0 Å². The molecule has 0 fully saturated rings. The summed E-state index contributed by atoms with van der Waals surface area (Å²) in [7, 11) is -3.40. The Kier molecular flexibility index (Phi) is 4.90. The van der Waals surface area contributed by atoms with Gasteiger partial charge in [-0.3, -0.25) is 0 Å². The van der Waals surface area contributed by atoms with Gasteiger partial charge in [-0.1, -0.05) is 19.9 Å². The number of benzene rings is 1. The third-order valence-corrected chi connectivity index (χ3v) is 5.37. The van der Waals surface area contributed by atoms with Crippen molar-refractivity contribution in [3.05, 3.63) is 28.8 Å². The maximum absolute atomic E-state index is 12.5. The van der Waals surface area contributed by atoms with E-state index in [1.807, 2.05) is 33.8 Å². The number of hydrogen-bond donors (Lipinski definition) is 1. The van der Waals surface area contributed by atoms with Crippen molar-refractivity contribution in [2.75, 3.05) is 13.1 Å². The van der Waals surface area contributed by atoms with Gasteiger partial charge in [0.05, 0.1) is 4.90 Å². The van der Waals surface area contributed by atoms with Gasteiger partial charge in [0.25, 0.3) is 0 Å². The number of nitrogens with zero attached hydrogens (tertiary/aromatic N) is 1. The van der Waals surface area contributed by atoms with E-state index in [-0.39, 0.29) is 0 Å². The van der Waals surface area contributed by atoms with E-state index >= 15 is 0 Å². The first kappa shape index (κ1) is 15.1. The first-order valence-corrected chi connectivity index (χ1v) is 7.62. The largest absolute Gasteiger partial charge is 0.326 e. The first-order chi connectivity index (χ1) is 8.38. The van der Waals surface area contributed by atoms with E-state index in [4.69, 9.17) is 5.73 Å². The number of aryl methyl sites for hydroxylation is 2. The van der Waals surface area contributed by atoms with E-state index in [0.29, 0.717) is 24.5 Å². The third kappa shape index (κ3) is 2.74. The molecule has 5 heteroatoms. The van der Waals surface area contributed by atoms with Gasteiger partial charge in [-0.25, -0.2) is 8.42 Å². The van der Waals surface area contributed by atoms with Crippen LogP contribution in [-0.2, 0) is 16.6 Å². The van der Waals surface area contributed by atoms with Gasteiger partial charge < -0.3 is 5.73 Å². The zero-order chi connectivity index (χ0) is 13.9. The number of rotatable bonds is 5. The number of nitrogens with two attached hydrogens (primary N) is 1. The minimum Gasteiger partial charge on any atom is -0.326 e. The van der Waals surface area contributed by atoms with Crippen molar-refractivity contribution in [1.29, 1.82) is 0 Å². The quantitative estimate of drug-likeness (QED) is 0.887. The molecule has 0 atom stereocenters. The van der Waals surface area contributed by atoms with Gasteiger partial charge in [0.15, 0.2) is 0 Å². The second kappa shape index (κ2) is 5.82. The lowest BCUT2D eigenvalue weighted by molar-refractivity contribution is 0.444. The molecule has 2 N–H and O–H groups in total. The average Bonchev–Trinajstić information content (AvgIpc) is 2.30. The van der Waals surface area contributed by atoms with E-state index in [1.165, 1.54) is 4.31 Å². The molecule has 0 unspecified atom stereocenters. The summed E-state index contributed by atoms with van der Waals surface area (Å²) in [6.07, 6.45) is 0. The summed E-state index contributed by atoms with van der Waals surface area (Å²) < 4.78 is 26.4. The summed E-state index contributed by atoms with van der Waals surface area (Å²) in [5.41, 5.74) is 8.34. The van der Waals surface area contributed by atoms with Crippen LogP contribution in [0, 0.1) is 13.8 Å². The normalized spacial score (nSPS) is 12.1. The van der Waals surface area contributed by atoms with Gasteiger partial charge in [0, 0.05) is 19.6 Å². The Morgan fingerprint density at radius 2 is 1.67 bits per heavy atom. The molecule has 0 radical (unpaired) electrons. The molecule has 0 aromatic heterocycles. The molecule has 0 saturated heterocycles. The van der Waals surface area contributed by atoms with Crippen LogP contribution in [0.4, 0.5) is 0 Å². The fraction of sp³-hybridized carbons (Fsp3) is 0.538. The molecule has 0 spiro atoms. The van der Waals surface area contributed by atoms with Crippen molar-refractivity contribution in [3.8, 4) is 0 Å². The fourth-order valence-corrected chi connectivity index (χ4v) is 3.79. The van der Waals surface area contributed by atoms with Crippen molar-refractivity contribution in [3.63, 3.8) is 0 Å². The molecule has 0 aliphatic rings. The highest BCUT2D eigenvalue weighted by Gasteiger charge is 2.24. The Morgan fingerprint density at radius 3 is 2.11 bits per heavy atom. The molecule has 1 aromatic rings. The summed E-state index contributed by atoms with van der Waals surface area (Å²) >= 11 is 0. The summed E-state index contributed by atoms with van der Waals surface area (Å²) in [5.74, 6) is 0. The Labute approximate surface area is 110 Å². The monoisotopic (exact) mass is 270 g/mol. The zero-order valence-corrected chi connectivity index (χ0v) is 12.3. The molecule has 0 aliphatic carbocycles. The predicted molar refractivity (Wildman–Crippen MR) is 73.9 cm³/mol. The fourth-order valence-electron chi connectivity index (χ4n) is 2.07. The molecule has 0 saturated carbocycles. The van der Waals surface area contributed by atoms with Gasteiger partial charge in [-0.2, -0.15) is 4.31 Å². The molecule has 0 bridgehead atoms. The molecule has 18 heavy (non-hydrogen) atoms. The average molecular weight is 270 g/mol. The van der Waals surface area contributed by atoms with Crippen LogP contribution in [0.5, 0.6) is 0 Å². The Morgan fingerprint density at radius 1 is 1.11 bits per heavy atom. The summed E-state index contributed by atoms with van der Waals surface area (Å²) in [4.78, 5) is 0.372. The number of hydrogen-bond acceptors (Lipinski definition) is 3. The summed E-state index contributed by atoms with van der Waals surface area (Å²) in [6, 6.07) is 3.59. The molecule has 0 amide bonds. The minimum absolute atomic E-state index is 0.354. The van der Waals surface area contributed by atoms with Crippen LogP contribution >= 0.6 is 0 Å². The second-order valence-electron chi connectivity index (χ2n) is 4.34. The van der Waals surface area contributed by atoms with E-state index in [1.54, 1.807) is 6.07 Å². The lowest BCUT2D eigenvalue weighted by atomic mass is 10.1. The molecule has 102 valence electrons. The van der Waals surface area contributed by atoms with Crippen LogP contribution in [0.15, 0.2) is 17.0 Å². The van der Waals surface area contributed by atoms with Gasteiger partial charge in [0.1, 0.15) is 0 Å². The van der Waals surface area contributed by atoms with Crippen LogP contribution in [0.2, 0.25) is 0 Å². The lowest BCUT2D eigenvalue weighted by Gasteiger charge is -2.20. The molecule has 1 rings (SSSR count). The highest BCUT2D eigenvalue weighted by atomic mass is 32.2. The van der Waals surface area contributed by atoms with Gasteiger partial charge in [0.2, 0.25) is 10.0 Å². The topological polar surface area (TPSA) is 63.4 Å². The highest BCUT2D eigenvalue weighted by molar-refractivity contribution is 7.89. The van der Waals surface area contributed by atoms with Crippen molar-refractivity contribution in [2.24, 2.45) is 5.73 Å². The molecule has 0 heterocycles. The smallest absolute Gasteiger partial charge is 0.243 e. The van der Waals surface area contributed by atoms with E-state index in [2.05, 4.69) is 0 Å². The minimum atomic E-state index is -3.40. The van der Waals surface area contributed by atoms with Crippen LogP contribution in [0.3, 0.4) is 0 Å². The lowest BCUT2D eigenvalue weighted by Crippen LogP contribution is -2.31.